The molecule has 3 heterocycles. The van der Waals surface area contributed by atoms with Crippen molar-refractivity contribution >= 4 is 5.91 Å². The summed E-state index contributed by atoms with van der Waals surface area (Å²) in [6.45, 7) is 6.37. The number of amides is 1. The van der Waals surface area contributed by atoms with Gasteiger partial charge in [-0.05, 0) is 30.9 Å². The van der Waals surface area contributed by atoms with Gasteiger partial charge in [0.05, 0.1) is 25.3 Å². The van der Waals surface area contributed by atoms with Crippen LogP contribution in [0.5, 0.6) is 0 Å². The second-order valence-corrected chi connectivity index (χ2v) is 6.72. The molecule has 2 aliphatic heterocycles. The van der Waals surface area contributed by atoms with Gasteiger partial charge < -0.3 is 14.8 Å². The Morgan fingerprint density at radius 2 is 2.21 bits per heavy atom. The third kappa shape index (κ3) is 5.00. The number of pyridine rings is 1. The Morgan fingerprint density at radius 3 is 2.92 bits per heavy atom. The number of nitrogens with one attached hydrogen (secondary N) is 1. The second-order valence-electron chi connectivity index (χ2n) is 6.72. The third-order valence-electron chi connectivity index (χ3n) is 4.70. The number of likely N-dealkylation sites (tertiary alicyclic amines) is 1. The molecule has 0 bridgehead atoms. The van der Waals surface area contributed by atoms with E-state index in [1.807, 2.05) is 18.3 Å². The van der Waals surface area contributed by atoms with Crippen LogP contribution in [-0.4, -0.2) is 54.4 Å². The van der Waals surface area contributed by atoms with Gasteiger partial charge in [0.1, 0.15) is 0 Å². The van der Waals surface area contributed by atoms with Crippen molar-refractivity contribution in [3.05, 3.63) is 30.1 Å². The van der Waals surface area contributed by atoms with Gasteiger partial charge in [-0.25, -0.2) is 0 Å². The molecule has 2 fully saturated rings. The maximum Gasteiger partial charge on any atom is 0.225 e. The number of nitrogens with zero attached hydrogens (tertiary/aromatic N) is 2. The summed E-state index contributed by atoms with van der Waals surface area (Å²) in [5.74, 6) is 0.441. The van der Waals surface area contributed by atoms with Crippen molar-refractivity contribution < 1.29 is 14.3 Å². The lowest BCUT2D eigenvalue weighted by Gasteiger charge is -2.37. The van der Waals surface area contributed by atoms with Gasteiger partial charge in [0, 0.05) is 31.9 Å². The predicted molar refractivity (Wildman–Crippen MR) is 90.2 cm³/mol. The molecule has 0 aliphatic carbocycles. The van der Waals surface area contributed by atoms with Gasteiger partial charge in [-0.3, -0.25) is 14.7 Å². The first-order valence-corrected chi connectivity index (χ1v) is 8.85. The molecule has 6 nitrogen and oxygen atoms in total. The molecule has 0 aromatic carbocycles. The van der Waals surface area contributed by atoms with Crippen LogP contribution in [0, 0.1) is 5.92 Å². The number of aromatic nitrogens is 1. The van der Waals surface area contributed by atoms with Crippen molar-refractivity contribution in [2.45, 2.75) is 45.1 Å². The van der Waals surface area contributed by atoms with E-state index in [0.717, 1.165) is 38.2 Å². The number of rotatable bonds is 5. The Bertz CT molecular complexity index is 520. The van der Waals surface area contributed by atoms with Crippen molar-refractivity contribution in [1.29, 1.82) is 0 Å². The van der Waals surface area contributed by atoms with E-state index in [9.17, 15) is 4.79 Å². The van der Waals surface area contributed by atoms with Gasteiger partial charge in [-0.1, -0.05) is 13.0 Å². The lowest BCUT2D eigenvalue weighted by Crippen LogP contribution is -2.50. The monoisotopic (exact) mass is 333 g/mol. The van der Waals surface area contributed by atoms with Crippen molar-refractivity contribution in [3.63, 3.8) is 0 Å². The third-order valence-corrected chi connectivity index (χ3v) is 4.70. The Morgan fingerprint density at radius 1 is 1.38 bits per heavy atom. The van der Waals surface area contributed by atoms with Crippen LogP contribution in [0.25, 0.3) is 0 Å². The van der Waals surface area contributed by atoms with E-state index < -0.39 is 0 Å². The first-order chi connectivity index (χ1) is 11.7. The fourth-order valence-corrected chi connectivity index (χ4v) is 3.38. The van der Waals surface area contributed by atoms with E-state index in [0.29, 0.717) is 25.6 Å². The summed E-state index contributed by atoms with van der Waals surface area (Å²) in [7, 11) is 0. The molecule has 2 aliphatic rings. The zero-order chi connectivity index (χ0) is 16.8. The highest BCUT2D eigenvalue weighted by atomic mass is 16.7. The van der Waals surface area contributed by atoms with Crippen LogP contribution >= 0.6 is 0 Å². The van der Waals surface area contributed by atoms with Crippen LogP contribution in [0.4, 0.5) is 0 Å². The highest BCUT2D eigenvalue weighted by molar-refractivity contribution is 5.76. The summed E-state index contributed by atoms with van der Waals surface area (Å²) >= 11 is 0. The molecule has 0 unspecified atom stereocenters. The minimum atomic E-state index is -0.377. The normalized spacial score (nSPS) is 26.2. The van der Waals surface area contributed by atoms with Crippen LogP contribution in [0.1, 0.15) is 31.9 Å². The first-order valence-electron chi connectivity index (χ1n) is 8.85. The second kappa shape index (κ2) is 8.55. The standard InChI is InChI=1S/C18H27N3O3/c1-14-12-21(13-15-5-2-3-7-19-15)8-6-16(14)20-17(22)11-18-23-9-4-10-24-18/h2-3,5,7,14,16,18H,4,6,8-13H2,1H3,(H,20,22)/t14-,16-/m0/s1. The van der Waals surface area contributed by atoms with Crippen LogP contribution in [0.3, 0.4) is 0 Å². The van der Waals surface area contributed by atoms with Gasteiger partial charge in [0.2, 0.25) is 5.91 Å². The topological polar surface area (TPSA) is 63.7 Å². The Balaban J connectivity index is 1.42. The summed E-state index contributed by atoms with van der Waals surface area (Å²) in [6.07, 6.45) is 3.62. The molecule has 3 rings (SSSR count). The van der Waals surface area contributed by atoms with E-state index in [1.54, 1.807) is 0 Å². The number of hydrogen-bond donors (Lipinski definition) is 1. The van der Waals surface area contributed by atoms with Crippen LogP contribution in [-0.2, 0) is 20.8 Å². The first kappa shape index (κ1) is 17.3. The van der Waals surface area contributed by atoms with E-state index >= 15 is 0 Å². The lowest BCUT2D eigenvalue weighted by atomic mass is 9.93. The smallest absolute Gasteiger partial charge is 0.225 e. The summed E-state index contributed by atoms with van der Waals surface area (Å²) in [4.78, 5) is 19.0. The van der Waals surface area contributed by atoms with Gasteiger partial charge >= 0.3 is 0 Å². The molecule has 2 saturated heterocycles. The molecule has 0 saturated carbocycles. The molecular weight excluding hydrogens is 306 g/mol. The number of hydrogen-bond acceptors (Lipinski definition) is 5. The molecule has 1 aromatic heterocycles. The molecule has 6 heteroatoms. The average Bonchev–Trinajstić information content (AvgIpc) is 2.59. The molecule has 24 heavy (non-hydrogen) atoms. The average molecular weight is 333 g/mol. The summed E-state index contributed by atoms with van der Waals surface area (Å²) < 4.78 is 10.9. The largest absolute Gasteiger partial charge is 0.353 e. The van der Waals surface area contributed by atoms with E-state index in [1.165, 1.54) is 0 Å². The maximum absolute atomic E-state index is 12.2. The Labute approximate surface area is 143 Å². The van der Waals surface area contributed by atoms with Gasteiger partial charge in [0.15, 0.2) is 6.29 Å². The fourth-order valence-electron chi connectivity index (χ4n) is 3.38. The minimum Gasteiger partial charge on any atom is -0.353 e. The number of ether oxygens (including phenoxy) is 2. The Kier molecular flexibility index (Phi) is 6.18. The number of carbonyl (C=O) groups excluding carboxylic acids is 1. The Hall–Kier alpha value is -1.50. The molecule has 0 radical (unpaired) electrons. The number of piperidine rings is 1. The van der Waals surface area contributed by atoms with Crippen LogP contribution < -0.4 is 5.32 Å². The quantitative estimate of drug-likeness (QED) is 0.886. The van der Waals surface area contributed by atoms with Gasteiger partial charge in [-0.2, -0.15) is 0 Å². The molecule has 132 valence electrons. The zero-order valence-electron chi connectivity index (χ0n) is 14.3. The van der Waals surface area contributed by atoms with Crippen molar-refractivity contribution in [2.75, 3.05) is 26.3 Å². The van der Waals surface area contributed by atoms with Crippen molar-refractivity contribution in [2.24, 2.45) is 5.92 Å². The van der Waals surface area contributed by atoms with Gasteiger partial charge in [-0.15, -0.1) is 0 Å². The number of carbonyl (C=O) groups is 1. The summed E-state index contributed by atoms with van der Waals surface area (Å²) in [5, 5.41) is 3.16. The van der Waals surface area contributed by atoms with Crippen molar-refractivity contribution in [3.8, 4) is 0 Å². The highest BCUT2D eigenvalue weighted by Gasteiger charge is 2.28. The van der Waals surface area contributed by atoms with Gasteiger partial charge in [0.25, 0.3) is 0 Å². The van der Waals surface area contributed by atoms with Crippen molar-refractivity contribution in [1.82, 2.24) is 15.2 Å². The maximum atomic E-state index is 12.2. The molecule has 0 spiro atoms. The lowest BCUT2D eigenvalue weighted by molar-refractivity contribution is -0.184. The molecule has 1 N–H and O–H groups in total. The predicted octanol–water partition coefficient (Wildman–Crippen LogP) is 1.56. The highest BCUT2D eigenvalue weighted by Crippen LogP contribution is 2.19. The fraction of sp³-hybridized carbons (Fsp3) is 0.667. The molecule has 1 aromatic rings. The van der Waals surface area contributed by atoms with Crippen LogP contribution in [0.15, 0.2) is 24.4 Å². The zero-order valence-corrected chi connectivity index (χ0v) is 14.3. The van der Waals surface area contributed by atoms with E-state index in [4.69, 9.17) is 9.47 Å². The summed E-state index contributed by atoms with van der Waals surface area (Å²) in [6, 6.07) is 6.24. The molecule has 2 atom stereocenters. The SMILES string of the molecule is C[C@H]1CN(Cc2ccccn2)CC[C@@H]1NC(=O)CC1OCCCO1. The van der Waals surface area contributed by atoms with E-state index in [-0.39, 0.29) is 18.2 Å². The molecular formula is C18H27N3O3. The van der Waals surface area contributed by atoms with E-state index in [2.05, 4.69) is 28.2 Å². The van der Waals surface area contributed by atoms with Crippen LogP contribution in [0.2, 0.25) is 0 Å². The molecule has 1 amide bonds. The summed E-state index contributed by atoms with van der Waals surface area (Å²) in [5.41, 5.74) is 1.10. The minimum absolute atomic E-state index is 0.0249.